The monoisotopic (exact) mass is 439 g/mol. The molecule has 3 saturated heterocycles. The number of halogens is 2. The van der Waals surface area contributed by atoms with Gasteiger partial charge in [-0.2, -0.15) is 0 Å². The van der Waals surface area contributed by atoms with E-state index < -0.39 is 5.54 Å². The van der Waals surface area contributed by atoms with Gasteiger partial charge in [-0.3, -0.25) is 4.79 Å². The summed E-state index contributed by atoms with van der Waals surface area (Å²) >= 11 is 12.2. The van der Waals surface area contributed by atoms with Crippen LogP contribution in [0, 0.1) is 5.92 Å². The molecule has 8 heteroatoms. The van der Waals surface area contributed by atoms with E-state index in [1.54, 1.807) is 23.1 Å². The minimum Gasteiger partial charge on any atom is -0.381 e. The molecule has 0 aromatic heterocycles. The Labute approximate surface area is 181 Å². The lowest BCUT2D eigenvalue weighted by molar-refractivity contribution is -0.127. The Hall–Kier alpha value is -1.34. The van der Waals surface area contributed by atoms with Crippen LogP contribution in [0.25, 0.3) is 0 Å². The molecule has 6 nitrogen and oxygen atoms in total. The molecule has 0 saturated carbocycles. The van der Waals surface area contributed by atoms with Crippen molar-refractivity contribution in [2.75, 3.05) is 44.3 Å². The first-order valence-electron chi connectivity index (χ1n) is 10.4. The van der Waals surface area contributed by atoms with Crippen molar-refractivity contribution in [3.63, 3.8) is 0 Å². The van der Waals surface area contributed by atoms with Gasteiger partial charge in [0, 0.05) is 49.4 Å². The highest BCUT2D eigenvalue weighted by Gasteiger charge is 2.57. The molecule has 3 amide bonds. The second-order valence-corrected chi connectivity index (χ2v) is 9.06. The lowest BCUT2D eigenvalue weighted by Gasteiger charge is -2.43. The number of piperidine rings is 1. The van der Waals surface area contributed by atoms with E-state index >= 15 is 0 Å². The number of urea groups is 1. The SMILES string of the molecule is CCN1C(=O)N(c2cc(Cl)cc(Cl)c2)C(=O)C12CCN(CC1CCOCC1)CC2. The number of ether oxygens (including phenoxy) is 1. The third-order valence-corrected chi connectivity index (χ3v) is 6.94. The fourth-order valence-electron chi connectivity index (χ4n) is 4.93. The predicted molar refractivity (Wildman–Crippen MR) is 114 cm³/mol. The third kappa shape index (κ3) is 3.88. The Balaban J connectivity index is 1.52. The van der Waals surface area contributed by atoms with Gasteiger partial charge in [0.15, 0.2) is 0 Å². The van der Waals surface area contributed by atoms with Gasteiger partial charge >= 0.3 is 6.03 Å². The number of hydrogen-bond donors (Lipinski definition) is 0. The molecule has 0 N–H and O–H groups in total. The molecule has 1 spiro atoms. The largest absolute Gasteiger partial charge is 0.381 e. The van der Waals surface area contributed by atoms with Gasteiger partial charge in [-0.1, -0.05) is 23.2 Å². The quantitative estimate of drug-likeness (QED) is 0.664. The van der Waals surface area contributed by atoms with E-state index in [1.807, 2.05) is 6.92 Å². The number of likely N-dealkylation sites (tertiary alicyclic amines) is 1. The molecule has 1 aromatic carbocycles. The first-order valence-corrected chi connectivity index (χ1v) is 11.1. The number of imide groups is 1. The molecule has 3 aliphatic rings. The van der Waals surface area contributed by atoms with E-state index in [4.69, 9.17) is 27.9 Å². The van der Waals surface area contributed by atoms with Crippen LogP contribution in [0.4, 0.5) is 10.5 Å². The highest BCUT2D eigenvalue weighted by molar-refractivity contribution is 6.35. The molecule has 3 aliphatic heterocycles. The lowest BCUT2D eigenvalue weighted by atomic mass is 9.85. The fourth-order valence-corrected chi connectivity index (χ4v) is 5.45. The van der Waals surface area contributed by atoms with Gasteiger partial charge in [0.05, 0.1) is 5.69 Å². The zero-order valence-electron chi connectivity index (χ0n) is 16.7. The van der Waals surface area contributed by atoms with E-state index in [2.05, 4.69) is 4.90 Å². The fraction of sp³-hybridized carbons (Fsp3) is 0.619. The van der Waals surface area contributed by atoms with Crippen molar-refractivity contribution in [3.8, 4) is 0 Å². The Morgan fingerprint density at radius 2 is 1.69 bits per heavy atom. The molecule has 0 bridgehead atoms. The summed E-state index contributed by atoms with van der Waals surface area (Å²) in [5.41, 5.74) is -0.329. The summed E-state index contributed by atoms with van der Waals surface area (Å²) in [5, 5.41) is 0.812. The van der Waals surface area contributed by atoms with Gasteiger partial charge in [-0.15, -0.1) is 0 Å². The molecule has 29 heavy (non-hydrogen) atoms. The average Bonchev–Trinajstić information content (AvgIpc) is 2.90. The molecule has 3 heterocycles. The summed E-state index contributed by atoms with van der Waals surface area (Å²) in [7, 11) is 0. The molecule has 4 rings (SSSR count). The molecule has 0 atom stereocenters. The normalized spacial score (nSPS) is 23.4. The van der Waals surface area contributed by atoms with Crippen LogP contribution in [-0.4, -0.2) is 66.7 Å². The van der Waals surface area contributed by atoms with Crippen LogP contribution in [0.5, 0.6) is 0 Å². The van der Waals surface area contributed by atoms with Crippen LogP contribution in [0.2, 0.25) is 10.0 Å². The van der Waals surface area contributed by atoms with Crippen LogP contribution in [0.1, 0.15) is 32.6 Å². The first kappa shape index (κ1) is 20.9. The Bertz CT molecular complexity index is 769. The van der Waals surface area contributed by atoms with Crippen molar-refractivity contribution in [1.82, 2.24) is 9.80 Å². The number of benzene rings is 1. The maximum atomic E-state index is 13.5. The number of anilines is 1. The van der Waals surface area contributed by atoms with Gasteiger partial charge in [0.25, 0.3) is 5.91 Å². The number of rotatable bonds is 4. The molecule has 158 valence electrons. The topological polar surface area (TPSA) is 53.1 Å². The predicted octanol–water partition coefficient (Wildman–Crippen LogP) is 4.04. The zero-order chi connectivity index (χ0) is 20.6. The van der Waals surface area contributed by atoms with Crippen LogP contribution >= 0.6 is 23.2 Å². The summed E-state index contributed by atoms with van der Waals surface area (Å²) in [6, 6.07) is 4.56. The third-order valence-electron chi connectivity index (χ3n) is 6.50. The highest BCUT2D eigenvalue weighted by Crippen LogP contribution is 2.40. The molecule has 0 unspecified atom stereocenters. The second-order valence-electron chi connectivity index (χ2n) is 8.18. The van der Waals surface area contributed by atoms with Crippen LogP contribution in [0.3, 0.4) is 0 Å². The number of carbonyl (C=O) groups is 2. The Kier molecular flexibility index (Phi) is 6.07. The van der Waals surface area contributed by atoms with E-state index in [0.717, 1.165) is 45.7 Å². The molecular weight excluding hydrogens is 413 g/mol. The van der Waals surface area contributed by atoms with Crippen LogP contribution in [-0.2, 0) is 9.53 Å². The van der Waals surface area contributed by atoms with Crippen molar-refractivity contribution >= 4 is 40.8 Å². The van der Waals surface area contributed by atoms with Gasteiger partial charge in [-0.25, -0.2) is 9.69 Å². The van der Waals surface area contributed by atoms with E-state index in [1.165, 1.54) is 4.90 Å². The number of likely N-dealkylation sites (N-methyl/N-ethyl adjacent to an activating group) is 1. The maximum absolute atomic E-state index is 13.5. The van der Waals surface area contributed by atoms with Crippen molar-refractivity contribution in [1.29, 1.82) is 0 Å². The Morgan fingerprint density at radius 3 is 2.28 bits per heavy atom. The van der Waals surface area contributed by atoms with Crippen LogP contribution < -0.4 is 4.90 Å². The molecule has 0 aliphatic carbocycles. The lowest BCUT2D eigenvalue weighted by Crippen LogP contribution is -2.57. The smallest absolute Gasteiger partial charge is 0.332 e. The van der Waals surface area contributed by atoms with Gasteiger partial charge < -0.3 is 14.5 Å². The summed E-state index contributed by atoms with van der Waals surface area (Å²) < 4.78 is 5.46. The molecule has 3 fully saturated rings. The van der Waals surface area contributed by atoms with Crippen molar-refractivity contribution in [3.05, 3.63) is 28.2 Å². The maximum Gasteiger partial charge on any atom is 0.332 e. The van der Waals surface area contributed by atoms with Crippen molar-refractivity contribution in [2.45, 2.75) is 38.1 Å². The van der Waals surface area contributed by atoms with E-state index in [0.29, 0.717) is 41.0 Å². The minimum atomic E-state index is -0.771. The number of hydrogen-bond acceptors (Lipinski definition) is 4. The molecule has 1 aromatic rings. The number of amides is 3. The first-order chi connectivity index (χ1) is 13.9. The van der Waals surface area contributed by atoms with Crippen molar-refractivity contribution in [2.24, 2.45) is 5.92 Å². The van der Waals surface area contributed by atoms with Gasteiger partial charge in [-0.05, 0) is 56.7 Å². The summed E-state index contributed by atoms with van der Waals surface area (Å²) in [5.74, 6) is 0.500. The van der Waals surface area contributed by atoms with E-state index in [9.17, 15) is 9.59 Å². The molecular formula is C21H27Cl2N3O3. The second kappa shape index (κ2) is 8.42. The van der Waals surface area contributed by atoms with Gasteiger partial charge in [0.1, 0.15) is 5.54 Å². The van der Waals surface area contributed by atoms with Gasteiger partial charge in [0.2, 0.25) is 0 Å². The minimum absolute atomic E-state index is 0.159. The standard InChI is InChI=1S/C21H27Cl2N3O3/c1-2-25-20(28)26(18-12-16(22)11-17(23)13-18)19(27)21(25)5-7-24(8-6-21)14-15-3-9-29-10-4-15/h11-13,15H,2-10,14H2,1H3. The summed E-state index contributed by atoms with van der Waals surface area (Å²) in [6.07, 6.45) is 3.51. The van der Waals surface area contributed by atoms with Crippen LogP contribution in [0.15, 0.2) is 18.2 Å². The average molecular weight is 440 g/mol. The zero-order valence-corrected chi connectivity index (χ0v) is 18.2. The highest BCUT2D eigenvalue weighted by atomic mass is 35.5. The number of nitrogens with zero attached hydrogens (tertiary/aromatic N) is 3. The molecule has 0 radical (unpaired) electrons. The van der Waals surface area contributed by atoms with Crippen molar-refractivity contribution < 1.29 is 14.3 Å². The number of carbonyl (C=O) groups excluding carboxylic acids is 2. The summed E-state index contributed by atoms with van der Waals surface area (Å²) in [6.45, 7) is 6.78. The Morgan fingerprint density at radius 1 is 1.07 bits per heavy atom. The summed E-state index contributed by atoms with van der Waals surface area (Å²) in [4.78, 5) is 32.1. The van der Waals surface area contributed by atoms with E-state index in [-0.39, 0.29) is 11.9 Å².